The molecule has 1 aromatic carbocycles. The number of benzene rings is 1. The van der Waals surface area contributed by atoms with Gasteiger partial charge in [0.2, 0.25) is 0 Å². The van der Waals surface area contributed by atoms with Crippen molar-refractivity contribution in [2.75, 3.05) is 24.6 Å². The average molecular weight is 479 g/mol. The Bertz CT molecular complexity index is 1200. The fourth-order valence-corrected chi connectivity index (χ4v) is 5.69. The standard InChI is InChI=1S/C27H35FN4OSi/c1-34(2,3)17-16-33-19-32-24-11-7-6-10-23(24)30-27(32)25-22(20-8-4-5-9-20)12-14-29-26(25)31-15-13-21(28)18-31/h6-8,10-12,14,21H,4-5,9,13,15-19H2,1-3H3/t21-/m0/s1. The Labute approximate surface area is 202 Å². The predicted molar refractivity (Wildman–Crippen MR) is 141 cm³/mol. The number of hydrogen-bond donors (Lipinski definition) is 0. The smallest absolute Gasteiger partial charge is 0.147 e. The highest BCUT2D eigenvalue weighted by atomic mass is 28.3. The van der Waals surface area contributed by atoms with Gasteiger partial charge in [0.1, 0.15) is 24.5 Å². The first-order chi connectivity index (χ1) is 16.4. The molecule has 0 unspecified atom stereocenters. The van der Waals surface area contributed by atoms with Gasteiger partial charge >= 0.3 is 0 Å². The summed E-state index contributed by atoms with van der Waals surface area (Å²) >= 11 is 0. The highest BCUT2D eigenvalue weighted by Gasteiger charge is 2.29. The number of hydrogen-bond acceptors (Lipinski definition) is 4. The first-order valence-electron chi connectivity index (χ1n) is 12.5. The number of alkyl halides is 1. The van der Waals surface area contributed by atoms with E-state index in [1.807, 2.05) is 18.3 Å². The summed E-state index contributed by atoms with van der Waals surface area (Å²) in [6.45, 7) is 9.35. The molecule has 180 valence electrons. The SMILES string of the molecule is C[Si](C)(C)CCOCn1c(-c2c(C3=CCCC3)ccnc2N2CC[C@H](F)C2)nc2ccccc21. The lowest BCUT2D eigenvalue weighted by Crippen LogP contribution is -2.23. The topological polar surface area (TPSA) is 43.2 Å². The van der Waals surface area contributed by atoms with Crippen molar-refractivity contribution in [1.29, 1.82) is 0 Å². The molecule has 3 aromatic rings. The quantitative estimate of drug-likeness (QED) is 0.273. The zero-order chi connectivity index (χ0) is 23.7. The Kier molecular flexibility index (Phi) is 6.58. The maximum atomic E-state index is 14.2. The Morgan fingerprint density at radius 1 is 1.18 bits per heavy atom. The van der Waals surface area contributed by atoms with Gasteiger partial charge < -0.3 is 9.64 Å². The van der Waals surface area contributed by atoms with Crippen molar-refractivity contribution in [2.24, 2.45) is 0 Å². The lowest BCUT2D eigenvalue weighted by molar-refractivity contribution is 0.0909. The van der Waals surface area contributed by atoms with E-state index < -0.39 is 14.2 Å². The summed E-state index contributed by atoms with van der Waals surface area (Å²) in [5.74, 6) is 1.70. The van der Waals surface area contributed by atoms with Gasteiger partial charge in [-0.3, -0.25) is 4.57 Å². The number of rotatable bonds is 8. The number of imidazole rings is 1. The van der Waals surface area contributed by atoms with Gasteiger partial charge in [0, 0.05) is 27.4 Å². The highest BCUT2D eigenvalue weighted by Crippen LogP contribution is 2.41. The molecule has 0 amide bonds. The fraction of sp³-hybridized carbons (Fsp3) is 0.481. The van der Waals surface area contributed by atoms with Crippen LogP contribution in [0.3, 0.4) is 0 Å². The van der Waals surface area contributed by atoms with E-state index in [0.717, 1.165) is 53.7 Å². The molecular formula is C27H35FN4OSi. The number of nitrogens with zero attached hydrogens (tertiary/aromatic N) is 4. The number of halogens is 1. The Morgan fingerprint density at radius 2 is 2.03 bits per heavy atom. The zero-order valence-corrected chi connectivity index (χ0v) is 21.6. The maximum Gasteiger partial charge on any atom is 0.147 e. The molecule has 1 atom stereocenters. The van der Waals surface area contributed by atoms with Gasteiger partial charge in [-0.15, -0.1) is 0 Å². The summed E-state index contributed by atoms with van der Waals surface area (Å²) in [7, 11) is -1.18. The number of ether oxygens (including phenoxy) is 1. The number of allylic oxidation sites excluding steroid dienone is 2. The average Bonchev–Trinajstić information content (AvgIpc) is 3.56. The van der Waals surface area contributed by atoms with Crippen LogP contribution in [0.5, 0.6) is 0 Å². The van der Waals surface area contributed by atoms with Crippen LogP contribution in [0, 0.1) is 0 Å². The molecular weight excluding hydrogens is 443 g/mol. The van der Waals surface area contributed by atoms with Crippen LogP contribution < -0.4 is 4.90 Å². The summed E-state index contributed by atoms with van der Waals surface area (Å²) in [6, 6.07) is 11.5. The number of para-hydroxylation sites is 2. The van der Waals surface area contributed by atoms with Crippen LogP contribution in [0.25, 0.3) is 28.0 Å². The molecule has 1 aliphatic carbocycles. The number of anilines is 1. The van der Waals surface area contributed by atoms with Crippen molar-refractivity contribution in [1.82, 2.24) is 14.5 Å². The molecule has 0 saturated carbocycles. The van der Waals surface area contributed by atoms with Crippen LogP contribution in [-0.2, 0) is 11.5 Å². The molecule has 0 N–H and O–H groups in total. The molecule has 0 bridgehead atoms. The van der Waals surface area contributed by atoms with Gasteiger partial charge in [-0.2, -0.15) is 0 Å². The minimum absolute atomic E-state index is 0.384. The molecule has 2 aliphatic rings. The highest BCUT2D eigenvalue weighted by molar-refractivity contribution is 6.76. The Balaban J connectivity index is 1.62. The van der Waals surface area contributed by atoms with E-state index in [-0.39, 0.29) is 0 Å². The molecule has 7 heteroatoms. The first-order valence-corrected chi connectivity index (χ1v) is 16.2. The molecule has 5 rings (SSSR count). The third kappa shape index (κ3) is 4.82. The van der Waals surface area contributed by atoms with Crippen molar-refractivity contribution >= 4 is 30.5 Å². The second kappa shape index (κ2) is 9.62. The predicted octanol–water partition coefficient (Wildman–Crippen LogP) is 6.53. The summed E-state index contributed by atoms with van der Waals surface area (Å²) in [4.78, 5) is 12.0. The van der Waals surface area contributed by atoms with Crippen molar-refractivity contribution in [3.63, 3.8) is 0 Å². The number of pyridine rings is 1. The van der Waals surface area contributed by atoms with E-state index in [4.69, 9.17) is 14.7 Å². The van der Waals surface area contributed by atoms with Crippen LogP contribution in [0.4, 0.5) is 10.2 Å². The van der Waals surface area contributed by atoms with Gasteiger partial charge in [0.05, 0.1) is 23.1 Å². The Hall–Kier alpha value is -2.51. The minimum Gasteiger partial charge on any atom is -0.361 e. The van der Waals surface area contributed by atoms with Gasteiger partial charge in [0.25, 0.3) is 0 Å². The Morgan fingerprint density at radius 3 is 2.76 bits per heavy atom. The molecule has 2 aromatic heterocycles. The van der Waals surface area contributed by atoms with Crippen molar-refractivity contribution < 1.29 is 9.13 Å². The maximum absolute atomic E-state index is 14.2. The zero-order valence-electron chi connectivity index (χ0n) is 20.6. The number of aromatic nitrogens is 3. The van der Waals surface area contributed by atoms with Crippen LogP contribution in [0.1, 0.15) is 31.2 Å². The van der Waals surface area contributed by atoms with E-state index in [2.05, 4.69) is 53.4 Å². The summed E-state index contributed by atoms with van der Waals surface area (Å²) in [6.07, 6.45) is 7.25. The molecule has 5 nitrogen and oxygen atoms in total. The molecule has 1 aliphatic heterocycles. The van der Waals surface area contributed by atoms with Crippen molar-refractivity contribution in [2.45, 2.75) is 64.3 Å². The first kappa shape index (κ1) is 23.2. The summed E-state index contributed by atoms with van der Waals surface area (Å²) < 4.78 is 22.6. The van der Waals surface area contributed by atoms with E-state index in [1.165, 1.54) is 17.6 Å². The second-order valence-corrected chi connectivity index (χ2v) is 16.3. The molecule has 1 fully saturated rings. The number of fused-ring (bicyclic) bond motifs is 1. The molecule has 0 radical (unpaired) electrons. The molecule has 1 saturated heterocycles. The van der Waals surface area contributed by atoms with Crippen molar-refractivity contribution in [3.05, 3.63) is 48.2 Å². The van der Waals surface area contributed by atoms with Crippen LogP contribution in [-0.4, -0.2) is 48.5 Å². The van der Waals surface area contributed by atoms with Gasteiger partial charge in [-0.1, -0.05) is 37.8 Å². The fourth-order valence-electron chi connectivity index (χ4n) is 4.94. The second-order valence-electron chi connectivity index (χ2n) is 10.7. The third-order valence-corrected chi connectivity index (χ3v) is 8.55. The molecule has 34 heavy (non-hydrogen) atoms. The summed E-state index contributed by atoms with van der Waals surface area (Å²) in [5, 5.41) is 0. The molecule has 3 heterocycles. The van der Waals surface area contributed by atoms with Crippen LogP contribution in [0.15, 0.2) is 42.6 Å². The normalized spacial score (nSPS) is 18.8. The van der Waals surface area contributed by atoms with Gasteiger partial charge in [0.15, 0.2) is 0 Å². The van der Waals surface area contributed by atoms with Crippen LogP contribution >= 0.6 is 0 Å². The minimum atomic E-state index is -1.18. The van der Waals surface area contributed by atoms with Crippen molar-refractivity contribution in [3.8, 4) is 11.4 Å². The third-order valence-electron chi connectivity index (χ3n) is 6.84. The lowest BCUT2D eigenvalue weighted by Gasteiger charge is -2.23. The van der Waals surface area contributed by atoms with Gasteiger partial charge in [-0.25, -0.2) is 14.4 Å². The van der Waals surface area contributed by atoms with E-state index in [1.54, 1.807) is 0 Å². The monoisotopic (exact) mass is 478 g/mol. The van der Waals surface area contributed by atoms with E-state index in [0.29, 0.717) is 26.2 Å². The largest absolute Gasteiger partial charge is 0.361 e. The summed E-state index contributed by atoms with van der Waals surface area (Å²) in [5.41, 5.74) is 5.51. The van der Waals surface area contributed by atoms with E-state index >= 15 is 0 Å². The van der Waals surface area contributed by atoms with Crippen LogP contribution in [0.2, 0.25) is 25.7 Å². The lowest BCUT2D eigenvalue weighted by atomic mass is 9.99. The van der Waals surface area contributed by atoms with E-state index in [9.17, 15) is 4.39 Å². The van der Waals surface area contributed by atoms with Gasteiger partial charge in [-0.05, 0) is 61.1 Å². The molecule has 0 spiro atoms.